The van der Waals surface area contributed by atoms with Crippen molar-refractivity contribution in [2.75, 3.05) is 11.4 Å². The number of hydrogen-bond acceptors (Lipinski definition) is 5. The van der Waals surface area contributed by atoms with E-state index in [-0.39, 0.29) is 0 Å². The Bertz CT molecular complexity index is 619. The SMILES string of the molecule is NC1=CC=C(c2cccnc2)N(c2ccncn2)C1. The number of pyridine rings is 1. The van der Waals surface area contributed by atoms with Crippen molar-refractivity contribution in [2.45, 2.75) is 0 Å². The number of nitrogens with two attached hydrogens (primary N) is 1. The summed E-state index contributed by atoms with van der Waals surface area (Å²) in [6.45, 7) is 0.609. The summed E-state index contributed by atoms with van der Waals surface area (Å²) < 4.78 is 0. The summed E-state index contributed by atoms with van der Waals surface area (Å²) >= 11 is 0. The number of hydrogen-bond donors (Lipinski definition) is 1. The van der Waals surface area contributed by atoms with Crippen molar-refractivity contribution in [3.8, 4) is 0 Å². The zero-order valence-electron chi connectivity index (χ0n) is 10.3. The van der Waals surface area contributed by atoms with Crippen LogP contribution in [0.25, 0.3) is 5.70 Å². The van der Waals surface area contributed by atoms with Gasteiger partial charge in [-0.2, -0.15) is 0 Å². The molecule has 0 saturated carbocycles. The molecule has 0 atom stereocenters. The molecule has 0 amide bonds. The second-order valence-electron chi connectivity index (χ2n) is 4.19. The first-order valence-corrected chi connectivity index (χ1v) is 5.95. The Kier molecular flexibility index (Phi) is 2.94. The molecule has 0 radical (unpaired) electrons. The van der Waals surface area contributed by atoms with Crippen LogP contribution >= 0.6 is 0 Å². The first kappa shape index (κ1) is 11.4. The molecule has 0 fully saturated rings. The third-order valence-electron chi connectivity index (χ3n) is 2.89. The lowest BCUT2D eigenvalue weighted by molar-refractivity contribution is 0.968. The Labute approximate surface area is 111 Å². The van der Waals surface area contributed by atoms with Gasteiger partial charge in [-0.15, -0.1) is 0 Å². The molecule has 0 bridgehead atoms. The van der Waals surface area contributed by atoms with Gasteiger partial charge in [0.05, 0.1) is 12.2 Å². The molecule has 5 heteroatoms. The lowest BCUT2D eigenvalue weighted by Crippen LogP contribution is -2.29. The van der Waals surface area contributed by atoms with Crippen LogP contribution in [0.1, 0.15) is 5.56 Å². The van der Waals surface area contributed by atoms with E-state index >= 15 is 0 Å². The minimum absolute atomic E-state index is 0.609. The minimum atomic E-state index is 0.609. The normalized spacial score (nSPS) is 14.8. The second-order valence-corrected chi connectivity index (χ2v) is 4.19. The van der Waals surface area contributed by atoms with Crippen LogP contribution in [0.4, 0.5) is 5.82 Å². The average molecular weight is 251 g/mol. The molecule has 0 spiro atoms. The van der Waals surface area contributed by atoms with Gasteiger partial charge in [0.2, 0.25) is 0 Å². The van der Waals surface area contributed by atoms with Crippen molar-refractivity contribution in [1.82, 2.24) is 15.0 Å². The van der Waals surface area contributed by atoms with Crippen LogP contribution in [0, 0.1) is 0 Å². The first-order valence-electron chi connectivity index (χ1n) is 5.95. The van der Waals surface area contributed by atoms with Gasteiger partial charge in [-0.05, 0) is 30.4 Å². The maximum Gasteiger partial charge on any atom is 0.136 e. The van der Waals surface area contributed by atoms with Crippen LogP contribution in [0.15, 0.2) is 61.0 Å². The summed E-state index contributed by atoms with van der Waals surface area (Å²) in [5.41, 5.74) is 8.78. The molecule has 3 rings (SSSR count). The molecular weight excluding hydrogens is 238 g/mol. The Hall–Kier alpha value is -2.69. The Morgan fingerprint density at radius 3 is 2.79 bits per heavy atom. The van der Waals surface area contributed by atoms with Crippen molar-refractivity contribution in [1.29, 1.82) is 0 Å². The maximum absolute atomic E-state index is 5.92. The van der Waals surface area contributed by atoms with Crippen LogP contribution in [-0.4, -0.2) is 21.5 Å². The van der Waals surface area contributed by atoms with Gasteiger partial charge in [-0.3, -0.25) is 4.98 Å². The van der Waals surface area contributed by atoms with Crippen molar-refractivity contribution >= 4 is 11.5 Å². The van der Waals surface area contributed by atoms with E-state index in [1.165, 1.54) is 6.33 Å². The molecule has 2 aromatic heterocycles. The summed E-state index contributed by atoms with van der Waals surface area (Å²) in [6.07, 6.45) is 10.7. The minimum Gasteiger partial charge on any atom is -0.401 e. The predicted octanol–water partition coefficient (Wildman–Crippen LogP) is 1.58. The zero-order valence-corrected chi connectivity index (χ0v) is 10.3. The van der Waals surface area contributed by atoms with Gasteiger partial charge in [0.1, 0.15) is 12.1 Å². The second kappa shape index (κ2) is 4.89. The van der Waals surface area contributed by atoms with E-state index in [0.29, 0.717) is 6.54 Å². The number of allylic oxidation sites excluding steroid dienone is 2. The Morgan fingerprint density at radius 2 is 2.05 bits per heavy atom. The highest BCUT2D eigenvalue weighted by atomic mass is 15.2. The molecule has 3 heterocycles. The largest absolute Gasteiger partial charge is 0.401 e. The number of rotatable bonds is 2. The molecule has 1 aliphatic rings. The van der Waals surface area contributed by atoms with E-state index < -0.39 is 0 Å². The molecule has 94 valence electrons. The van der Waals surface area contributed by atoms with Crippen LogP contribution in [-0.2, 0) is 0 Å². The molecule has 0 aromatic carbocycles. The summed E-state index contributed by atoms with van der Waals surface area (Å²) in [4.78, 5) is 14.4. The van der Waals surface area contributed by atoms with Gasteiger partial charge in [0.15, 0.2) is 0 Å². The van der Waals surface area contributed by atoms with Crippen molar-refractivity contribution in [3.05, 3.63) is 66.5 Å². The number of anilines is 1. The molecule has 2 aromatic rings. The number of aromatic nitrogens is 3. The van der Waals surface area contributed by atoms with Crippen molar-refractivity contribution in [3.63, 3.8) is 0 Å². The molecule has 1 aliphatic heterocycles. The van der Waals surface area contributed by atoms with E-state index in [0.717, 1.165) is 22.8 Å². The highest BCUT2D eigenvalue weighted by molar-refractivity contribution is 5.80. The highest BCUT2D eigenvalue weighted by Gasteiger charge is 2.18. The van der Waals surface area contributed by atoms with Gasteiger partial charge >= 0.3 is 0 Å². The monoisotopic (exact) mass is 251 g/mol. The summed E-state index contributed by atoms with van der Waals surface area (Å²) in [7, 11) is 0. The highest BCUT2D eigenvalue weighted by Crippen LogP contribution is 2.26. The summed E-state index contributed by atoms with van der Waals surface area (Å²) in [5, 5.41) is 0. The quantitative estimate of drug-likeness (QED) is 0.877. The van der Waals surface area contributed by atoms with Gasteiger partial charge < -0.3 is 10.6 Å². The fourth-order valence-electron chi connectivity index (χ4n) is 2.01. The first-order chi connectivity index (χ1) is 9.34. The number of nitrogens with zero attached hydrogens (tertiary/aromatic N) is 4. The molecule has 5 nitrogen and oxygen atoms in total. The fourth-order valence-corrected chi connectivity index (χ4v) is 2.01. The van der Waals surface area contributed by atoms with E-state index in [2.05, 4.69) is 15.0 Å². The predicted molar refractivity (Wildman–Crippen MR) is 73.9 cm³/mol. The topological polar surface area (TPSA) is 67.9 Å². The lowest BCUT2D eigenvalue weighted by Gasteiger charge is -2.29. The van der Waals surface area contributed by atoms with E-state index in [1.807, 2.05) is 41.4 Å². The molecule has 0 saturated heterocycles. The summed E-state index contributed by atoms with van der Waals surface area (Å²) in [5.74, 6) is 0.821. The third-order valence-corrected chi connectivity index (χ3v) is 2.89. The van der Waals surface area contributed by atoms with Gasteiger partial charge in [0.25, 0.3) is 0 Å². The fraction of sp³-hybridized carbons (Fsp3) is 0.0714. The lowest BCUT2D eigenvalue weighted by atomic mass is 10.1. The maximum atomic E-state index is 5.92. The smallest absolute Gasteiger partial charge is 0.136 e. The molecule has 0 unspecified atom stereocenters. The zero-order chi connectivity index (χ0) is 13.1. The van der Waals surface area contributed by atoms with Crippen LogP contribution in [0.5, 0.6) is 0 Å². The molecule has 0 aliphatic carbocycles. The Morgan fingerprint density at radius 1 is 1.11 bits per heavy atom. The van der Waals surface area contributed by atoms with Crippen LogP contribution in [0.2, 0.25) is 0 Å². The van der Waals surface area contributed by atoms with Crippen molar-refractivity contribution < 1.29 is 0 Å². The van der Waals surface area contributed by atoms with Gasteiger partial charge in [-0.25, -0.2) is 9.97 Å². The standard InChI is InChI=1S/C14H13N5/c15-12-3-4-13(11-2-1-6-16-8-11)19(9-12)14-5-7-17-10-18-14/h1-8,10H,9,15H2. The average Bonchev–Trinajstić information content (AvgIpc) is 2.49. The van der Waals surface area contributed by atoms with E-state index in [9.17, 15) is 0 Å². The van der Waals surface area contributed by atoms with E-state index in [1.54, 1.807) is 12.4 Å². The van der Waals surface area contributed by atoms with Gasteiger partial charge in [-0.1, -0.05) is 0 Å². The third kappa shape index (κ3) is 2.30. The molecule has 2 N–H and O–H groups in total. The van der Waals surface area contributed by atoms with Crippen LogP contribution in [0.3, 0.4) is 0 Å². The van der Waals surface area contributed by atoms with Crippen LogP contribution < -0.4 is 10.6 Å². The van der Waals surface area contributed by atoms with E-state index in [4.69, 9.17) is 5.73 Å². The Balaban J connectivity index is 2.04. The van der Waals surface area contributed by atoms with Crippen molar-refractivity contribution in [2.24, 2.45) is 5.73 Å². The molecule has 19 heavy (non-hydrogen) atoms. The molecular formula is C14H13N5. The van der Waals surface area contributed by atoms with Gasteiger partial charge in [0, 0.05) is 29.9 Å². The summed E-state index contributed by atoms with van der Waals surface area (Å²) in [6, 6.07) is 5.79.